The maximum Gasteiger partial charge on any atom is -1.00 e. The van der Waals surface area contributed by atoms with Crippen LogP contribution in [0.5, 0.6) is 0 Å². The molecule has 46 heavy (non-hydrogen) atoms. The van der Waals surface area contributed by atoms with Crippen LogP contribution in [0.3, 0.4) is 0 Å². The van der Waals surface area contributed by atoms with Gasteiger partial charge in [-0.3, -0.25) is 0 Å². The van der Waals surface area contributed by atoms with Crippen LogP contribution < -0.4 is 24.8 Å². The first-order valence-electron chi connectivity index (χ1n) is 15.7. The van der Waals surface area contributed by atoms with Crippen LogP contribution in [0.4, 0.5) is 0 Å². The van der Waals surface area contributed by atoms with E-state index in [0.717, 1.165) is 16.5 Å². The predicted molar refractivity (Wildman–Crippen MR) is 189 cm³/mol. The Bertz CT molecular complexity index is 1750. The Balaban J connectivity index is 0.00000240. The van der Waals surface area contributed by atoms with Gasteiger partial charge in [0.2, 0.25) is 0 Å². The maximum absolute atomic E-state index is 6.46. The molecular formula is C41H42Cl4Hf. The van der Waals surface area contributed by atoms with Gasteiger partial charge in [-0.25, -0.2) is 0 Å². The van der Waals surface area contributed by atoms with Crippen molar-refractivity contribution in [2.24, 2.45) is 0 Å². The minimum Gasteiger partial charge on any atom is -1.00 e. The number of allylic oxidation sites excluding steroid dienone is 4. The minimum atomic E-state index is -3.04. The van der Waals surface area contributed by atoms with Crippen LogP contribution in [0.2, 0.25) is 10.0 Å². The Labute approximate surface area is 306 Å². The average Bonchev–Trinajstić information content (AvgIpc) is 3.57. The smallest absolute Gasteiger partial charge is 1.00 e. The molecule has 0 aromatic heterocycles. The van der Waals surface area contributed by atoms with Gasteiger partial charge in [0.05, 0.1) is 0 Å². The third-order valence-electron chi connectivity index (χ3n) is 9.26. The van der Waals surface area contributed by atoms with E-state index in [2.05, 4.69) is 122 Å². The van der Waals surface area contributed by atoms with Gasteiger partial charge in [0.1, 0.15) is 0 Å². The predicted octanol–water partition coefficient (Wildman–Crippen LogP) is 6.01. The molecule has 0 saturated carbocycles. The third-order valence-corrected chi connectivity index (χ3v) is 21.9. The largest absolute Gasteiger partial charge is 1.00 e. The van der Waals surface area contributed by atoms with E-state index in [1.165, 1.54) is 58.9 Å². The fourth-order valence-electron chi connectivity index (χ4n) is 7.35. The molecule has 0 nitrogen and oxygen atoms in total. The molecule has 0 unspecified atom stereocenters. The summed E-state index contributed by atoms with van der Waals surface area (Å²) in [5.74, 6) is 0. The monoisotopic (exact) mass is 854 g/mol. The molecule has 0 amide bonds. The summed E-state index contributed by atoms with van der Waals surface area (Å²) in [4.78, 5) is 0. The van der Waals surface area contributed by atoms with Gasteiger partial charge in [-0.2, -0.15) is 0 Å². The molecule has 2 aliphatic carbocycles. The molecule has 0 bridgehead atoms. The van der Waals surface area contributed by atoms with E-state index >= 15 is 0 Å². The summed E-state index contributed by atoms with van der Waals surface area (Å²) >= 11 is 9.88. The van der Waals surface area contributed by atoms with Crippen molar-refractivity contribution >= 4 is 26.5 Å². The Morgan fingerprint density at radius 3 is 1.41 bits per heavy atom. The number of aryl methyl sites for hydroxylation is 2. The molecule has 0 atom stereocenters. The molecular weight excluding hydrogens is 813 g/mol. The maximum atomic E-state index is 6.46. The topological polar surface area (TPSA) is 0 Å². The molecule has 4 aromatic rings. The van der Waals surface area contributed by atoms with E-state index in [0.29, 0.717) is 3.67 Å². The zero-order valence-electron chi connectivity index (χ0n) is 28.0. The quantitative estimate of drug-likeness (QED) is 0.221. The third kappa shape index (κ3) is 7.02. The summed E-state index contributed by atoms with van der Waals surface area (Å²) in [5.41, 5.74) is 14.3. The van der Waals surface area contributed by atoms with Gasteiger partial charge in [-0.05, 0) is 0 Å². The van der Waals surface area contributed by atoms with E-state index in [9.17, 15) is 0 Å². The fourth-order valence-corrected chi connectivity index (χ4v) is 20.7. The van der Waals surface area contributed by atoms with E-state index in [1.54, 1.807) is 3.33 Å². The van der Waals surface area contributed by atoms with E-state index in [-0.39, 0.29) is 35.6 Å². The fraction of sp³-hybridized carbons (Fsp3) is 0.293. The first-order valence-corrected chi connectivity index (χ1v) is 22.1. The number of halogens is 4. The molecule has 0 heterocycles. The van der Waals surface area contributed by atoms with Crippen molar-refractivity contribution in [3.05, 3.63) is 149 Å². The molecule has 238 valence electrons. The second-order valence-electron chi connectivity index (χ2n) is 14.6. The van der Waals surface area contributed by atoms with Crippen LogP contribution in [0.25, 0.3) is 11.1 Å². The summed E-state index contributed by atoms with van der Waals surface area (Å²) in [5, 5.41) is 1.54. The van der Waals surface area contributed by atoms with Gasteiger partial charge in [0, 0.05) is 0 Å². The van der Waals surface area contributed by atoms with Crippen LogP contribution in [0.1, 0.15) is 96.1 Å². The number of benzene rings is 4. The van der Waals surface area contributed by atoms with Crippen molar-refractivity contribution in [3.63, 3.8) is 0 Å². The average molecular weight is 855 g/mol. The summed E-state index contributed by atoms with van der Waals surface area (Å²) in [7, 11) is 0. The molecule has 0 N–H and O–H groups in total. The van der Waals surface area contributed by atoms with Gasteiger partial charge >= 0.3 is 284 Å². The summed E-state index contributed by atoms with van der Waals surface area (Å²) < 4.78 is 3.55. The van der Waals surface area contributed by atoms with Gasteiger partial charge in [0.15, 0.2) is 0 Å². The number of rotatable bonds is 4. The molecule has 5 heteroatoms. The molecule has 0 saturated heterocycles. The molecule has 6 rings (SSSR count). The number of hydrogen-bond donors (Lipinski definition) is 0. The second kappa shape index (κ2) is 14.0. The van der Waals surface area contributed by atoms with Crippen LogP contribution in [-0.2, 0) is 31.8 Å². The van der Waals surface area contributed by atoms with Crippen LogP contribution in [0.15, 0.2) is 94.4 Å². The molecule has 0 aliphatic heterocycles. The van der Waals surface area contributed by atoms with Crippen molar-refractivity contribution in [2.75, 3.05) is 0 Å². The summed E-state index contributed by atoms with van der Waals surface area (Å²) in [6.07, 6.45) is 8.10. The molecule has 0 spiro atoms. The SMILES string of the molecule is Cc1cc2c(cc1C(C)(C)C)-c1cc(C(C)(C)C)c(C)cc1[CH]2[Hf+2]([C]1=CC=CC1)=[C](c1ccc(Cl)cc1)c1ccc(Cl)cc1.[Cl-].[Cl-]. The summed E-state index contributed by atoms with van der Waals surface area (Å²) in [6.45, 7) is 18.7. The first kappa shape index (κ1) is 37.1. The van der Waals surface area contributed by atoms with Crippen molar-refractivity contribution in [2.45, 2.75) is 76.3 Å². The molecule has 4 aromatic carbocycles. The van der Waals surface area contributed by atoms with Crippen molar-refractivity contribution < 1.29 is 45.8 Å². The van der Waals surface area contributed by atoms with Crippen LogP contribution >= 0.6 is 23.2 Å². The molecule has 0 fully saturated rings. The first-order chi connectivity index (χ1) is 20.7. The second-order valence-corrected chi connectivity index (χ2v) is 24.6. The number of fused-ring (bicyclic) bond motifs is 3. The minimum absolute atomic E-state index is 0. The Morgan fingerprint density at radius 1 is 0.652 bits per heavy atom. The van der Waals surface area contributed by atoms with Gasteiger partial charge in [-0.1, -0.05) is 0 Å². The van der Waals surface area contributed by atoms with Crippen molar-refractivity contribution in [1.82, 2.24) is 0 Å². The van der Waals surface area contributed by atoms with Gasteiger partial charge in [0.25, 0.3) is 0 Å². The van der Waals surface area contributed by atoms with Crippen LogP contribution in [-0.4, -0.2) is 3.26 Å². The Hall–Kier alpha value is -1.74. The van der Waals surface area contributed by atoms with Gasteiger partial charge < -0.3 is 24.8 Å². The standard InChI is InChI=1S/C23H29.C13H8Cl2.C5H5.2ClH.Hf/c1-14-9-16-11-17-10-15(2)21(23(6,7)8)13-19(17)18(16)12-20(14)22(3,4)5;14-12-5-1-10(2-6-12)9-11-3-7-13(15)8-4-11;1-2-4-5-3-1;;;/h9-13H,1-8H3;1-8H;1-3H,4H2;2*1H;/q;;;;;+2/p-2. The molecule has 2 aliphatic rings. The molecule has 0 radical (unpaired) electrons. The zero-order chi connectivity index (χ0) is 31.6. The van der Waals surface area contributed by atoms with Crippen LogP contribution in [0, 0.1) is 13.8 Å². The zero-order valence-corrected chi connectivity index (χ0v) is 34.6. The summed E-state index contributed by atoms with van der Waals surface area (Å²) in [6, 6.07) is 27.3. The normalized spacial score (nSPS) is 13.6. The Morgan fingerprint density at radius 2 is 1.07 bits per heavy atom. The van der Waals surface area contributed by atoms with E-state index < -0.39 is 21.0 Å². The van der Waals surface area contributed by atoms with E-state index in [4.69, 9.17) is 23.2 Å². The van der Waals surface area contributed by atoms with Gasteiger partial charge in [-0.15, -0.1) is 0 Å². The number of hydrogen-bond acceptors (Lipinski definition) is 0. The Kier molecular flexibility index (Phi) is 11.3. The van der Waals surface area contributed by atoms with Crippen molar-refractivity contribution in [1.29, 1.82) is 0 Å². The van der Waals surface area contributed by atoms with Crippen molar-refractivity contribution in [3.8, 4) is 11.1 Å². The van der Waals surface area contributed by atoms with E-state index in [1.807, 2.05) is 24.3 Å².